The van der Waals surface area contributed by atoms with E-state index >= 15 is 0 Å². The van der Waals surface area contributed by atoms with E-state index in [4.69, 9.17) is 4.74 Å². The fourth-order valence-electron chi connectivity index (χ4n) is 3.70. The molecular weight excluding hydrogens is 346 g/mol. The molecule has 3 aliphatic rings. The Morgan fingerprint density at radius 1 is 1.44 bits per heavy atom. The zero-order chi connectivity index (χ0) is 18.2. The molecule has 1 spiro atoms. The largest absolute Gasteiger partial charge is 0.361 e. The molecule has 8 nitrogen and oxygen atoms in total. The molecule has 9 heteroatoms. The van der Waals surface area contributed by atoms with Crippen molar-refractivity contribution in [2.75, 3.05) is 45.6 Å². The van der Waals surface area contributed by atoms with Crippen LogP contribution in [0.5, 0.6) is 0 Å². The molecule has 0 aromatic rings. The maximum absolute atomic E-state index is 13.2. The standard InChI is InChI=1S/C16H27N3O5S/c1-3-7-18(9-12-4-5-12)14(20)13-10-19(25(2,22)23)11-16(13)15(21)17-6-8-24-16/h12-13H,3-11H2,1-2H3,(H,17,21)/t13-,16-/m1/s1. The highest BCUT2D eigenvalue weighted by atomic mass is 32.2. The molecule has 1 aliphatic carbocycles. The van der Waals surface area contributed by atoms with Crippen molar-refractivity contribution in [3.63, 3.8) is 0 Å². The summed E-state index contributed by atoms with van der Waals surface area (Å²) in [6.07, 6.45) is 4.16. The van der Waals surface area contributed by atoms with Crippen LogP contribution in [-0.4, -0.2) is 80.6 Å². The lowest BCUT2D eigenvalue weighted by atomic mass is 9.87. The monoisotopic (exact) mass is 373 g/mol. The first-order valence-corrected chi connectivity index (χ1v) is 10.8. The SMILES string of the molecule is CCCN(CC1CC1)C(=O)[C@H]1CN(S(C)(=O)=O)C[C@@]12OCCNC2=O. The minimum atomic E-state index is -3.51. The molecule has 1 saturated carbocycles. The maximum Gasteiger partial charge on any atom is 0.254 e. The molecule has 2 amide bonds. The molecule has 0 radical (unpaired) electrons. The van der Waals surface area contributed by atoms with Gasteiger partial charge in [-0.3, -0.25) is 9.59 Å². The van der Waals surface area contributed by atoms with E-state index in [0.717, 1.165) is 25.5 Å². The lowest BCUT2D eigenvalue weighted by Crippen LogP contribution is -2.62. The Morgan fingerprint density at radius 3 is 2.72 bits per heavy atom. The minimum absolute atomic E-state index is 0.00400. The van der Waals surface area contributed by atoms with Crippen molar-refractivity contribution in [2.45, 2.75) is 31.8 Å². The normalized spacial score (nSPS) is 30.5. The summed E-state index contributed by atoms with van der Waals surface area (Å²) in [5, 5.41) is 2.74. The minimum Gasteiger partial charge on any atom is -0.361 e. The maximum atomic E-state index is 13.2. The van der Waals surface area contributed by atoms with E-state index in [1.54, 1.807) is 4.90 Å². The van der Waals surface area contributed by atoms with Crippen molar-refractivity contribution in [2.24, 2.45) is 11.8 Å². The average molecular weight is 373 g/mol. The van der Waals surface area contributed by atoms with Gasteiger partial charge in [0.15, 0.2) is 5.60 Å². The predicted molar refractivity (Wildman–Crippen MR) is 91.2 cm³/mol. The van der Waals surface area contributed by atoms with Crippen LogP contribution in [0.2, 0.25) is 0 Å². The highest BCUT2D eigenvalue weighted by Crippen LogP contribution is 2.37. The third-order valence-electron chi connectivity index (χ3n) is 5.24. The molecule has 3 rings (SSSR count). The summed E-state index contributed by atoms with van der Waals surface area (Å²) in [7, 11) is -3.51. The van der Waals surface area contributed by atoms with Crippen molar-refractivity contribution in [3.05, 3.63) is 0 Å². The van der Waals surface area contributed by atoms with Crippen LogP contribution in [0.3, 0.4) is 0 Å². The quantitative estimate of drug-likeness (QED) is 0.671. The number of nitrogens with one attached hydrogen (secondary N) is 1. The van der Waals surface area contributed by atoms with Gasteiger partial charge >= 0.3 is 0 Å². The van der Waals surface area contributed by atoms with Gasteiger partial charge in [-0.25, -0.2) is 8.42 Å². The molecule has 2 saturated heterocycles. The third-order valence-corrected chi connectivity index (χ3v) is 6.46. The van der Waals surface area contributed by atoms with Crippen LogP contribution in [0.25, 0.3) is 0 Å². The molecule has 2 aliphatic heterocycles. The van der Waals surface area contributed by atoms with Crippen LogP contribution < -0.4 is 5.32 Å². The Balaban J connectivity index is 1.88. The first-order chi connectivity index (χ1) is 11.8. The summed E-state index contributed by atoms with van der Waals surface area (Å²) >= 11 is 0. The number of ether oxygens (including phenoxy) is 1. The van der Waals surface area contributed by atoms with E-state index in [-0.39, 0.29) is 31.5 Å². The van der Waals surface area contributed by atoms with Crippen LogP contribution in [0.1, 0.15) is 26.2 Å². The van der Waals surface area contributed by atoms with Gasteiger partial charge < -0.3 is 15.0 Å². The Labute approximate surface area is 148 Å². The molecule has 25 heavy (non-hydrogen) atoms. The van der Waals surface area contributed by atoms with Crippen molar-refractivity contribution in [1.82, 2.24) is 14.5 Å². The zero-order valence-corrected chi connectivity index (χ0v) is 15.7. The number of rotatable bonds is 6. The molecule has 0 aromatic heterocycles. The van der Waals surface area contributed by atoms with Crippen LogP contribution in [-0.2, 0) is 24.3 Å². The van der Waals surface area contributed by atoms with Crippen LogP contribution in [0.4, 0.5) is 0 Å². The van der Waals surface area contributed by atoms with Crippen molar-refractivity contribution in [1.29, 1.82) is 0 Å². The van der Waals surface area contributed by atoms with E-state index in [9.17, 15) is 18.0 Å². The average Bonchev–Trinajstić information content (AvgIpc) is 3.27. The van der Waals surface area contributed by atoms with Gasteiger partial charge in [-0.1, -0.05) is 6.92 Å². The molecule has 3 fully saturated rings. The van der Waals surface area contributed by atoms with Crippen molar-refractivity contribution >= 4 is 21.8 Å². The molecule has 0 unspecified atom stereocenters. The van der Waals surface area contributed by atoms with Crippen LogP contribution in [0, 0.1) is 11.8 Å². The van der Waals surface area contributed by atoms with Crippen LogP contribution in [0.15, 0.2) is 0 Å². The second kappa shape index (κ2) is 6.85. The molecule has 2 atom stereocenters. The number of hydrogen-bond acceptors (Lipinski definition) is 5. The fraction of sp³-hybridized carbons (Fsp3) is 0.875. The lowest BCUT2D eigenvalue weighted by molar-refractivity contribution is -0.166. The van der Waals surface area contributed by atoms with Gasteiger partial charge in [0, 0.05) is 26.2 Å². The number of sulfonamides is 1. The van der Waals surface area contributed by atoms with Gasteiger partial charge in [-0.15, -0.1) is 0 Å². The highest BCUT2D eigenvalue weighted by molar-refractivity contribution is 7.88. The number of hydrogen-bond donors (Lipinski definition) is 1. The highest BCUT2D eigenvalue weighted by Gasteiger charge is 2.60. The summed E-state index contributed by atoms with van der Waals surface area (Å²) in [4.78, 5) is 27.6. The summed E-state index contributed by atoms with van der Waals surface area (Å²) in [5.41, 5.74) is -1.41. The van der Waals surface area contributed by atoms with E-state index in [2.05, 4.69) is 5.32 Å². The van der Waals surface area contributed by atoms with Gasteiger partial charge in [0.1, 0.15) is 0 Å². The Morgan fingerprint density at radius 2 is 2.16 bits per heavy atom. The van der Waals surface area contributed by atoms with Gasteiger partial charge in [-0.2, -0.15) is 4.31 Å². The summed E-state index contributed by atoms with van der Waals surface area (Å²) in [5.74, 6) is -0.823. The number of morpholine rings is 1. The number of carbonyl (C=O) groups excluding carboxylic acids is 2. The van der Waals surface area contributed by atoms with Crippen LogP contribution >= 0.6 is 0 Å². The zero-order valence-electron chi connectivity index (χ0n) is 14.9. The van der Waals surface area contributed by atoms with Crippen molar-refractivity contribution in [3.8, 4) is 0 Å². The second-order valence-corrected chi connectivity index (χ2v) is 9.31. The number of nitrogens with zero attached hydrogens (tertiary/aromatic N) is 2. The molecule has 2 heterocycles. The van der Waals surface area contributed by atoms with Gasteiger partial charge in [0.2, 0.25) is 15.9 Å². The first-order valence-electron chi connectivity index (χ1n) is 8.94. The molecule has 142 valence electrons. The van der Waals surface area contributed by atoms with Gasteiger partial charge in [0.25, 0.3) is 5.91 Å². The van der Waals surface area contributed by atoms with E-state index in [1.807, 2.05) is 6.92 Å². The predicted octanol–water partition coefficient (Wildman–Crippen LogP) is -0.588. The third kappa shape index (κ3) is 3.68. The van der Waals surface area contributed by atoms with Gasteiger partial charge in [0.05, 0.1) is 25.3 Å². The first kappa shape index (κ1) is 18.6. The Kier molecular flexibility index (Phi) is 5.09. The van der Waals surface area contributed by atoms with Crippen molar-refractivity contribution < 1.29 is 22.7 Å². The summed E-state index contributed by atoms with van der Waals surface area (Å²) in [6.45, 7) is 3.85. The summed E-state index contributed by atoms with van der Waals surface area (Å²) < 4.78 is 31.0. The smallest absolute Gasteiger partial charge is 0.254 e. The fourth-order valence-corrected chi connectivity index (χ4v) is 4.55. The summed E-state index contributed by atoms with van der Waals surface area (Å²) in [6, 6.07) is 0. The second-order valence-electron chi connectivity index (χ2n) is 7.33. The molecule has 0 bridgehead atoms. The topological polar surface area (TPSA) is 96.0 Å². The van der Waals surface area contributed by atoms with E-state index in [0.29, 0.717) is 25.6 Å². The molecular formula is C16H27N3O5S. The Hall–Kier alpha value is -1.19. The lowest BCUT2D eigenvalue weighted by Gasteiger charge is -2.38. The van der Waals surface area contributed by atoms with E-state index in [1.165, 1.54) is 4.31 Å². The van der Waals surface area contributed by atoms with Gasteiger partial charge in [-0.05, 0) is 25.2 Å². The molecule has 0 aromatic carbocycles. The number of carbonyl (C=O) groups is 2. The van der Waals surface area contributed by atoms with E-state index < -0.39 is 21.5 Å². The number of amides is 2. The molecule has 1 N–H and O–H groups in total. The Bertz CT molecular complexity index is 648.